The van der Waals surface area contributed by atoms with Gasteiger partial charge in [-0.05, 0) is 60.9 Å². The quantitative estimate of drug-likeness (QED) is 0.246. The average molecular weight is 555 g/mol. The van der Waals surface area contributed by atoms with Crippen LogP contribution in [0, 0.1) is 0 Å². The lowest BCUT2D eigenvalue weighted by molar-refractivity contribution is -0.145. The second kappa shape index (κ2) is 12.3. The molecule has 10 heteroatoms. The monoisotopic (exact) mass is 554 g/mol. The van der Waals surface area contributed by atoms with Crippen LogP contribution in [0.3, 0.4) is 0 Å². The Labute approximate surface area is 226 Å². The lowest BCUT2D eigenvalue weighted by Crippen LogP contribution is -2.26. The van der Waals surface area contributed by atoms with Crippen molar-refractivity contribution in [1.29, 1.82) is 0 Å². The molecule has 0 amide bonds. The highest BCUT2D eigenvalue weighted by Crippen LogP contribution is 2.28. The van der Waals surface area contributed by atoms with Gasteiger partial charge in [0.25, 0.3) is 0 Å². The molecule has 38 heavy (non-hydrogen) atoms. The van der Waals surface area contributed by atoms with Crippen molar-refractivity contribution >= 4 is 38.5 Å². The van der Waals surface area contributed by atoms with Gasteiger partial charge in [-0.1, -0.05) is 48.9 Å². The van der Waals surface area contributed by atoms with Crippen molar-refractivity contribution in [3.8, 4) is 11.5 Å². The van der Waals surface area contributed by atoms with Crippen LogP contribution in [0.5, 0.6) is 11.5 Å². The van der Waals surface area contributed by atoms with Crippen LogP contribution in [0.4, 0.5) is 0 Å². The first-order chi connectivity index (χ1) is 18.2. The number of benzene rings is 3. The average Bonchev–Trinajstić information content (AvgIpc) is 2.91. The molecule has 0 saturated carbocycles. The van der Waals surface area contributed by atoms with Gasteiger partial charge >= 0.3 is 5.97 Å². The molecule has 8 nitrogen and oxygen atoms in total. The van der Waals surface area contributed by atoms with Crippen molar-refractivity contribution in [1.82, 2.24) is 9.71 Å². The van der Waals surface area contributed by atoms with E-state index in [1.54, 1.807) is 25.1 Å². The Morgan fingerprint density at radius 3 is 2.55 bits per heavy atom. The minimum absolute atomic E-state index is 0.114. The van der Waals surface area contributed by atoms with Crippen molar-refractivity contribution in [3.63, 3.8) is 0 Å². The molecule has 0 aliphatic rings. The molecule has 4 aromatic rings. The van der Waals surface area contributed by atoms with Gasteiger partial charge in [0.2, 0.25) is 10.0 Å². The van der Waals surface area contributed by atoms with Crippen molar-refractivity contribution in [3.05, 3.63) is 95.1 Å². The number of carbonyl (C=O) groups is 1. The predicted octanol–water partition coefficient (Wildman–Crippen LogP) is 5.23. The molecule has 198 valence electrons. The Kier molecular flexibility index (Phi) is 8.83. The van der Waals surface area contributed by atoms with E-state index in [0.29, 0.717) is 35.1 Å². The third kappa shape index (κ3) is 7.00. The maximum atomic E-state index is 12.6. The smallest absolute Gasteiger partial charge is 0.344 e. The number of nitrogens with zero attached hydrogens (tertiary/aromatic N) is 1. The molecule has 0 aliphatic heterocycles. The van der Waals surface area contributed by atoms with Crippen LogP contribution < -0.4 is 14.2 Å². The Morgan fingerprint density at radius 2 is 1.82 bits per heavy atom. The summed E-state index contributed by atoms with van der Waals surface area (Å²) in [4.78, 5) is 16.2. The summed E-state index contributed by atoms with van der Waals surface area (Å²) in [6.07, 6.45) is -0.383. The standard InChI is InChI=1S/C28H27ClN2O6S/c1-2-26(28(32)33)37-23-12-8-20(15-16-30-38(34,35)24-13-9-21(29)10-14-24)27(17-23)36-18-22-11-7-19-5-3-4-6-25(19)31-22/h3-14,17,26,30H,2,15-16,18H2,1H3,(H,32,33). The largest absolute Gasteiger partial charge is 0.487 e. The van der Waals surface area contributed by atoms with E-state index in [1.807, 2.05) is 36.4 Å². The van der Waals surface area contributed by atoms with Crippen LogP contribution in [0.2, 0.25) is 5.02 Å². The predicted molar refractivity (Wildman–Crippen MR) is 145 cm³/mol. The number of hydrogen-bond donors (Lipinski definition) is 2. The molecule has 0 bridgehead atoms. The molecule has 1 heterocycles. The topological polar surface area (TPSA) is 115 Å². The number of ether oxygens (including phenoxy) is 2. The normalized spacial score (nSPS) is 12.3. The number of nitrogens with one attached hydrogen (secondary N) is 1. The van der Waals surface area contributed by atoms with Gasteiger partial charge in [-0.25, -0.2) is 22.9 Å². The van der Waals surface area contributed by atoms with E-state index in [0.717, 1.165) is 16.5 Å². The van der Waals surface area contributed by atoms with Gasteiger partial charge in [0, 0.05) is 23.0 Å². The van der Waals surface area contributed by atoms with Gasteiger partial charge < -0.3 is 14.6 Å². The van der Waals surface area contributed by atoms with E-state index in [-0.39, 0.29) is 18.0 Å². The molecule has 1 aromatic heterocycles. The fourth-order valence-electron chi connectivity index (χ4n) is 3.78. The van der Waals surface area contributed by atoms with Crippen LogP contribution in [-0.2, 0) is 27.8 Å². The molecule has 4 rings (SSSR count). The van der Waals surface area contributed by atoms with Gasteiger partial charge in [-0.2, -0.15) is 0 Å². The third-order valence-electron chi connectivity index (χ3n) is 5.81. The molecule has 3 aromatic carbocycles. The van der Waals surface area contributed by atoms with Gasteiger partial charge in [0.15, 0.2) is 6.10 Å². The summed E-state index contributed by atoms with van der Waals surface area (Å²) in [6.45, 7) is 2.00. The van der Waals surface area contributed by atoms with Gasteiger partial charge in [-0.15, -0.1) is 0 Å². The zero-order valence-corrected chi connectivity index (χ0v) is 22.2. The summed E-state index contributed by atoms with van der Waals surface area (Å²) < 4.78 is 39.6. The number of para-hydroxylation sites is 1. The second-order valence-electron chi connectivity index (χ2n) is 8.51. The molecule has 0 radical (unpaired) electrons. The summed E-state index contributed by atoms with van der Waals surface area (Å²) in [6, 6.07) is 22.5. The van der Waals surface area contributed by atoms with Crippen molar-refractivity contribution < 1.29 is 27.8 Å². The minimum Gasteiger partial charge on any atom is -0.487 e. The first-order valence-corrected chi connectivity index (χ1v) is 13.9. The van der Waals surface area contributed by atoms with Crippen molar-refractivity contribution in [2.75, 3.05) is 6.54 Å². The molecule has 2 N–H and O–H groups in total. The zero-order chi connectivity index (χ0) is 27.1. The maximum Gasteiger partial charge on any atom is 0.344 e. The van der Waals surface area contributed by atoms with Crippen LogP contribution >= 0.6 is 11.6 Å². The number of carboxylic acids is 1. The first-order valence-electron chi connectivity index (χ1n) is 12.0. The number of aliphatic carboxylic acids is 1. The van der Waals surface area contributed by atoms with Crippen LogP contribution in [-0.4, -0.2) is 37.1 Å². The van der Waals surface area contributed by atoms with Crippen molar-refractivity contribution in [2.24, 2.45) is 0 Å². The fraction of sp³-hybridized carbons (Fsp3) is 0.214. The SMILES string of the molecule is CCC(Oc1ccc(CCNS(=O)(=O)c2ccc(Cl)cc2)c(OCc2ccc3ccccc3n2)c1)C(=O)O. The Balaban J connectivity index is 1.51. The Bertz CT molecular complexity index is 1530. The summed E-state index contributed by atoms with van der Waals surface area (Å²) >= 11 is 5.86. The lowest BCUT2D eigenvalue weighted by atomic mass is 10.1. The summed E-state index contributed by atoms with van der Waals surface area (Å²) in [5.74, 6) is -0.273. The van der Waals surface area contributed by atoms with Crippen LogP contribution in [0.15, 0.2) is 83.8 Å². The number of fused-ring (bicyclic) bond motifs is 1. The number of hydrogen-bond acceptors (Lipinski definition) is 6. The van der Waals surface area contributed by atoms with Crippen molar-refractivity contribution in [2.45, 2.75) is 37.4 Å². The van der Waals surface area contributed by atoms with E-state index in [2.05, 4.69) is 9.71 Å². The number of aromatic nitrogens is 1. The number of halogens is 1. The Morgan fingerprint density at radius 1 is 1.05 bits per heavy atom. The third-order valence-corrected chi connectivity index (χ3v) is 7.53. The molecule has 1 atom stereocenters. The van der Waals surface area contributed by atoms with E-state index in [1.165, 1.54) is 24.3 Å². The molecule has 0 aliphatic carbocycles. The van der Waals surface area contributed by atoms with Crippen LogP contribution in [0.1, 0.15) is 24.6 Å². The fourth-order valence-corrected chi connectivity index (χ4v) is 4.94. The lowest BCUT2D eigenvalue weighted by Gasteiger charge is -2.17. The molecule has 1 unspecified atom stereocenters. The number of carboxylic acid groups (broad SMARTS) is 1. The molecule has 0 spiro atoms. The second-order valence-corrected chi connectivity index (χ2v) is 10.7. The summed E-state index contributed by atoms with van der Waals surface area (Å²) in [5.41, 5.74) is 2.27. The van der Waals surface area contributed by atoms with Gasteiger partial charge in [0.05, 0.1) is 16.1 Å². The number of pyridine rings is 1. The summed E-state index contributed by atoms with van der Waals surface area (Å²) in [7, 11) is -3.72. The van der Waals surface area contributed by atoms with Gasteiger partial charge in [-0.3, -0.25) is 0 Å². The maximum absolute atomic E-state index is 12.6. The molecular weight excluding hydrogens is 528 g/mol. The van der Waals surface area contributed by atoms with E-state index in [9.17, 15) is 18.3 Å². The van der Waals surface area contributed by atoms with E-state index in [4.69, 9.17) is 21.1 Å². The first kappa shape index (κ1) is 27.4. The highest BCUT2D eigenvalue weighted by Gasteiger charge is 2.19. The minimum atomic E-state index is -3.72. The molecule has 0 saturated heterocycles. The zero-order valence-electron chi connectivity index (χ0n) is 20.6. The number of sulfonamides is 1. The number of rotatable bonds is 12. The van der Waals surface area contributed by atoms with Gasteiger partial charge in [0.1, 0.15) is 18.1 Å². The van der Waals surface area contributed by atoms with Crippen LogP contribution in [0.25, 0.3) is 10.9 Å². The highest BCUT2D eigenvalue weighted by molar-refractivity contribution is 7.89. The Hall–Kier alpha value is -3.66. The molecule has 0 fully saturated rings. The molecular formula is C28H27ClN2O6S. The summed E-state index contributed by atoms with van der Waals surface area (Å²) in [5, 5.41) is 10.8. The highest BCUT2D eigenvalue weighted by atomic mass is 35.5. The van der Waals surface area contributed by atoms with E-state index >= 15 is 0 Å². The van der Waals surface area contributed by atoms with E-state index < -0.39 is 22.1 Å².